The Balaban J connectivity index is 1.67. The van der Waals surface area contributed by atoms with Crippen molar-refractivity contribution in [1.29, 1.82) is 0 Å². The SMILES string of the molecule is CCc1nnc(NS(=O)(=O)c2ccc(NCc3cc(Br)ccc3O)cc2)s1. The summed E-state index contributed by atoms with van der Waals surface area (Å²) in [7, 11) is -3.72. The third-order valence-corrected chi connectivity index (χ3v) is 6.64. The van der Waals surface area contributed by atoms with Gasteiger partial charge < -0.3 is 10.4 Å². The molecule has 10 heteroatoms. The Bertz CT molecular complexity index is 1040. The number of hydrogen-bond acceptors (Lipinski definition) is 7. The molecule has 0 fully saturated rings. The van der Waals surface area contributed by atoms with Crippen LogP contribution in [-0.4, -0.2) is 23.7 Å². The summed E-state index contributed by atoms with van der Waals surface area (Å²) in [5.74, 6) is 0.192. The second kappa shape index (κ2) is 8.24. The van der Waals surface area contributed by atoms with Gasteiger partial charge in [0, 0.05) is 22.3 Å². The van der Waals surface area contributed by atoms with Crippen LogP contribution in [0.3, 0.4) is 0 Å². The molecule has 142 valence electrons. The average molecular weight is 469 g/mol. The molecule has 3 rings (SSSR count). The molecule has 0 spiro atoms. The topological polar surface area (TPSA) is 104 Å². The van der Waals surface area contributed by atoms with Crippen LogP contribution in [0.15, 0.2) is 51.8 Å². The Kier molecular flexibility index (Phi) is 5.98. The molecule has 0 aliphatic carbocycles. The summed E-state index contributed by atoms with van der Waals surface area (Å²) in [6.07, 6.45) is 0.702. The lowest BCUT2D eigenvalue weighted by atomic mass is 10.2. The first-order valence-electron chi connectivity index (χ1n) is 8.04. The highest BCUT2D eigenvalue weighted by Gasteiger charge is 2.16. The minimum atomic E-state index is -3.72. The standard InChI is InChI=1S/C17H17BrN4O3S2/c1-2-16-20-21-17(26-16)22-27(24,25)14-6-4-13(5-7-14)19-10-11-9-12(18)3-8-15(11)23/h3-9,19,23H,2,10H2,1H3,(H,21,22). The number of hydrogen-bond donors (Lipinski definition) is 3. The van der Waals surface area contributed by atoms with Crippen molar-refractivity contribution >= 4 is 48.1 Å². The molecule has 0 saturated heterocycles. The van der Waals surface area contributed by atoms with Crippen molar-refractivity contribution in [3.8, 4) is 5.75 Å². The van der Waals surface area contributed by atoms with Crippen LogP contribution in [-0.2, 0) is 23.0 Å². The Morgan fingerprint density at radius 3 is 2.56 bits per heavy atom. The van der Waals surface area contributed by atoms with E-state index in [4.69, 9.17) is 0 Å². The lowest BCUT2D eigenvalue weighted by Crippen LogP contribution is -2.12. The van der Waals surface area contributed by atoms with Crippen LogP contribution >= 0.6 is 27.3 Å². The molecular formula is C17H17BrN4O3S2. The fourth-order valence-corrected chi connectivity index (χ4v) is 4.57. The number of sulfonamides is 1. The quantitative estimate of drug-likeness (QED) is 0.484. The molecule has 7 nitrogen and oxygen atoms in total. The number of anilines is 2. The molecular weight excluding hydrogens is 452 g/mol. The summed E-state index contributed by atoms with van der Waals surface area (Å²) in [4.78, 5) is 0.131. The monoisotopic (exact) mass is 468 g/mol. The van der Waals surface area contributed by atoms with Crippen LogP contribution in [0.5, 0.6) is 5.75 Å². The summed E-state index contributed by atoms with van der Waals surface area (Å²) >= 11 is 4.58. The van der Waals surface area contributed by atoms with E-state index >= 15 is 0 Å². The lowest BCUT2D eigenvalue weighted by Gasteiger charge is -2.10. The van der Waals surface area contributed by atoms with Gasteiger partial charge in [0.05, 0.1) is 4.90 Å². The number of aromatic hydroxyl groups is 1. The third kappa shape index (κ3) is 4.96. The normalized spacial score (nSPS) is 11.3. The van der Waals surface area contributed by atoms with E-state index in [1.165, 1.54) is 23.5 Å². The zero-order valence-electron chi connectivity index (χ0n) is 14.3. The van der Waals surface area contributed by atoms with Crippen LogP contribution in [0.1, 0.15) is 17.5 Å². The van der Waals surface area contributed by atoms with E-state index in [9.17, 15) is 13.5 Å². The molecule has 0 radical (unpaired) electrons. The Hall–Kier alpha value is -2.17. The van der Waals surface area contributed by atoms with E-state index in [-0.39, 0.29) is 15.8 Å². The molecule has 0 saturated carbocycles. The first kappa shape index (κ1) is 19.6. The van der Waals surface area contributed by atoms with Gasteiger partial charge in [-0.25, -0.2) is 8.42 Å². The molecule has 3 aromatic rings. The van der Waals surface area contributed by atoms with E-state index in [1.54, 1.807) is 24.3 Å². The molecule has 1 heterocycles. The van der Waals surface area contributed by atoms with Gasteiger partial charge in [0.1, 0.15) is 10.8 Å². The van der Waals surface area contributed by atoms with Gasteiger partial charge in [-0.3, -0.25) is 4.72 Å². The maximum atomic E-state index is 12.4. The van der Waals surface area contributed by atoms with Crippen molar-refractivity contribution in [3.05, 3.63) is 57.5 Å². The van der Waals surface area contributed by atoms with E-state index in [0.29, 0.717) is 13.0 Å². The van der Waals surface area contributed by atoms with Crippen molar-refractivity contribution in [1.82, 2.24) is 10.2 Å². The number of aromatic nitrogens is 2. The molecule has 0 bridgehead atoms. The van der Waals surface area contributed by atoms with Gasteiger partial charge in [-0.2, -0.15) is 0 Å². The number of nitrogens with one attached hydrogen (secondary N) is 2. The molecule has 1 aromatic heterocycles. The largest absolute Gasteiger partial charge is 0.508 e. The van der Waals surface area contributed by atoms with Gasteiger partial charge in [-0.05, 0) is 48.9 Å². The van der Waals surface area contributed by atoms with E-state index in [0.717, 1.165) is 20.7 Å². The molecule has 0 aliphatic heterocycles. The number of phenols is 1. The van der Waals surface area contributed by atoms with Crippen molar-refractivity contribution in [2.24, 2.45) is 0 Å². The molecule has 0 aliphatic rings. The number of rotatable bonds is 7. The molecule has 27 heavy (non-hydrogen) atoms. The van der Waals surface area contributed by atoms with Crippen LogP contribution in [0.2, 0.25) is 0 Å². The second-order valence-corrected chi connectivity index (χ2v) is 9.27. The summed E-state index contributed by atoms with van der Waals surface area (Å²) in [6, 6.07) is 11.5. The van der Waals surface area contributed by atoms with Gasteiger partial charge in [-0.15, -0.1) is 10.2 Å². The van der Waals surface area contributed by atoms with Crippen LogP contribution in [0.25, 0.3) is 0 Å². The molecule has 2 aromatic carbocycles. The van der Waals surface area contributed by atoms with Crippen molar-refractivity contribution in [3.63, 3.8) is 0 Å². The lowest BCUT2D eigenvalue weighted by molar-refractivity contribution is 0.469. The number of benzene rings is 2. The third-order valence-electron chi connectivity index (χ3n) is 3.68. The van der Waals surface area contributed by atoms with Gasteiger partial charge in [0.15, 0.2) is 0 Å². The van der Waals surface area contributed by atoms with Gasteiger partial charge >= 0.3 is 0 Å². The zero-order chi connectivity index (χ0) is 19.4. The van der Waals surface area contributed by atoms with Crippen molar-refractivity contribution in [2.45, 2.75) is 24.8 Å². The molecule has 0 atom stereocenters. The van der Waals surface area contributed by atoms with Gasteiger partial charge in [0.25, 0.3) is 10.0 Å². The number of phenolic OH excluding ortho intramolecular Hbond substituents is 1. The number of aryl methyl sites for hydroxylation is 1. The van der Waals surface area contributed by atoms with E-state index < -0.39 is 10.0 Å². The number of halogens is 1. The zero-order valence-corrected chi connectivity index (χ0v) is 17.5. The molecule has 3 N–H and O–H groups in total. The molecule has 0 amide bonds. The summed E-state index contributed by atoms with van der Waals surface area (Å²) in [5.41, 5.74) is 1.46. The molecule has 0 unspecified atom stereocenters. The predicted octanol–water partition coefficient (Wildman–Crippen LogP) is 3.98. The van der Waals surface area contributed by atoms with Gasteiger partial charge in [0.2, 0.25) is 5.13 Å². The van der Waals surface area contributed by atoms with E-state index in [2.05, 4.69) is 36.2 Å². The first-order chi connectivity index (χ1) is 12.9. The maximum absolute atomic E-state index is 12.4. The average Bonchev–Trinajstić information content (AvgIpc) is 3.09. The van der Waals surface area contributed by atoms with Gasteiger partial charge in [-0.1, -0.05) is 34.2 Å². The highest BCUT2D eigenvalue weighted by Crippen LogP contribution is 2.24. The second-order valence-electron chi connectivity index (χ2n) is 5.61. The first-order valence-corrected chi connectivity index (χ1v) is 11.1. The Morgan fingerprint density at radius 1 is 1.15 bits per heavy atom. The summed E-state index contributed by atoms with van der Waals surface area (Å²) in [6.45, 7) is 2.33. The number of nitrogens with zero attached hydrogens (tertiary/aromatic N) is 2. The summed E-state index contributed by atoms with van der Waals surface area (Å²) in [5, 5.41) is 21.8. The van der Waals surface area contributed by atoms with Crippen LogP contribution < -0.4 is 10.0 Å². The van der Waals surface area contributed by atoms with Crippen molar-refractivity contribution in [2.75, 3.05) is 10.0 Å². The van der Waals surface area contributed by atoms with Crippen molar-refractivity contribution < 1.29 is 13.5 Å². The smallest absolute Gasteiger partial charge is 0.263 e. The minimum absolute atomic E-state index is 0.131. The fraction of sp³-hybridized carbons (Fsp3) is 0.176. The highest BCUT2D eigenvalue weighted by molar-refractivity contribution is 9.10. The fourth-order valence-electron chi connectivity index (χ4n) is 2.26. The Labute approximate surface area is 169 Å². The van der Waals surface area contributed by atoms with Crippen LogP contribution in [0, 0.1) is 0 Å². The van der Waals surface area contributed by atoms with E-state index in [1.807, 2.05) is 13.0 Å². The Morgan fingerprint density at radius 2 is 1.89 bits per heavy atom. The maximum Gasteiger partial charge on any atom is 0.263 e. The van der Waals surface area contributed by atoms with Crippen LogP contribution in [0.4, 0.5) is 10.8 Å². The summed E-state index contributed by atoms with van der Waals surface area (Å²) < 4.78 is 28.2. The minimum Gasteiger partial charge on any atom is -0.508 e. The predicted molar refractivity (Wildman–Crippen MR) is 110 cm³/mol. The highest BCUT2D eigenvalue weighted by atomic mass is 79.9.